The molecule has 1 atom stereocenters. The molecule has 0 aliphatic rings. The average molecular weight is 545 g/mol. The Morgan fingerprint density at radius 3 is 2.17 bits per heavy atom. The van der Waals surface area contributed by atoms with Crippen LogP contribution in [0.15, 0.2) is 76.3 Å². The summed E-state index contributed by atoms with van der Waals surface area (Å²) in [6.45, 7) is 3.51. The van der Waals surface area contributed by atoms with Crippen molar-refractivity contribution in [1.82, 2.24) is 14.5 Å². The predicted octanol–water partition coefficient (Wildman–Crippen LogP) is 3.40. The molecule has 0 radical (unpaired) electrons. The van der Waals surface area contributed by atoms with Crippen molar-refractivity contribution < 1.29 is 19.1 Å². The first-order chi connectivity index (χ1) is 19.2. The van der Waals surface area contributed by atoms with E-state index in [-0.39, 0.29) is 35.9 Å². The standard InChI is InChI=1S/C30H32N4O6/c1-5-19(2)31-28(36)21-13-11-20(12-14-21)17-34-29(37)23-15-25(39-3)26(40-4)16-24(23)33(30(34)38)18-27(35)32-22-9-7-6-8-10-22/h6-16,19H,5,17-18H2,1-4H3,(H,31,36)(H,32,35). The minimum atomic E-state index is -0.661. The van der Waals surface area contributed by atoms with Crippen molar-refractivity contribution in [2.24, 2.45) is 0 Å². The smallest absolute Gasteiger partial charge is 0.332 e. The zero-order chi connectivity index (χ0) is 28.8. The van der Waals surface area contributed by atoms with E-state index in [1.54, 1.807) is 48.5 Å². The number of ether oxygens (including phenoxy) is 2. The van der Waals surface area contributed by atoms with Crippen molar-refractivity contribution in [2.45, 2.75) is 39.4 Å². The van der Waals surface area contributed by atoms with Crippen molar-refractivity contribution in [3.8, 4) is 11.5 Å². The number of hydrogen-bond acceptors (Lipinski definition) is 6. The van der Waals surface area contributed by atoms with Gasteiger partial charge in [0.15, 0.2) is 11.5 Å². The molecule has 0 aliphatic carbocycles. The Kier molecular flexibility index (Phi) is 8.68. The quantitative estimate of drug-likeness (QED) is 0.316. The van der Waals surface area contributed by atoms with Gasteiger partial charge in [-0.3, -0.25) is 23.5 Å². The summed E-state index contributed by atoms with van der Waals surface area (Å²) in [5.74, 6) is -0.00728. The second-order valence-electron chi connectivity index (χ2n) is 9.38. The summed E-state index contributed by atoms with van der Waals surface area (Å²) in [7, 11) is 2.90. The SMILES string of the molecule is CCC(C)NC(=O)c1ccc(Cn2c(=O)c3cc(OC)c(OC)cc3n(CC(=O)Nc3ccccc3)c2=O)cc1. The Labute approximate surface area is 231 Å². The van der Waals surface area contributed by atoms with Gasteiger partial charge >= 0.3 is 5.69 Å². The van der Waals surface area contributed by atoms with Gasteiger partial charge in [-0.1, -0.05) is 37.3 Å². The maximum absolute atomic E-state index is 13.7. The first kappa shape index (κ1) is 28.2. The fraction of sp³-hybridized carbons (Fsp3) is 0.267. The fourth-order valence-corrected chi connectivity index (χ4v) is 4.26. The van der Waals surface area contributed by atoms with E-state index in [0.29, 0.717) is 28.3 Å². The number of hydrogen-bond donors (Lipinski definition) is 2. The lowest BCUT2D eigenvalue weighted by Gasteiger charge is -2.16. The van der Waals surface area contributed by atoms with Crippen LogP contribution in [-0.2, 0) is 17.9 Å². The van der Waals surface area contributed by atoms with E-state index in [1.807, 2.05) is 19.9 Å². The van der Waals surface area contributed by atoms with Crippen LogP contribution in [0, 0.1) is 0 Å². The van der Waals surface area contributed by atoms with Crippen molar-refractivity contribution >= 4 is 28.4 Å². The van der Waals surface area contributed by atoms with Gasteiger partial charge in [0.1, 0.15) is 6.54 Å². The molecule has 4 rings (SSSR count). The molecular weight excluding hydrogens is 512 g/mol. The van der Waals surface area contributed by atoms with Crippen LogP contribution in [-0.4, -0.2) is 41.2 Å². The number of methoxy groups -OCH3 is 2. The van der Waals surface area contributed by atoms with Gasteiger partial charge in [-0.2, -0.15) is 0 Å². The van der Waals surface area contributed by atoms with E-state index in [9.17, 15) is 19.2 Å². The van der Waals surface area contributed by atoms with E-state index in [1.165, 1.54) is 30.9 Å². The normalized spacial score (nSPS) is 11.6. The first-order valence-electron chi connectivity index (χ1n) is 12.9. The maximum Gasteiger partial charge on any atom is 0.332 e. The highest BCUT2D eigenvalue weighted by Gasteiger charge is 2.19. The number of anilines is 1. The molecule has 1 unspecified atom stereocenters. The van der Waals surface area contributed by atoms with Crippen LogP contribution >= 0.6 is 0 Å². The second kappa shape index (κ2) is 12.3. The molecule has 10 nitrogen and oxygen atoms in total. The maximum atomic E-state index is 13.7. The van der Waals surface area contributed by atoms with Gasteiger partial charge in [0, 0.05) is 23.4 Å². The van der Waals surface area contributed by atoms with Gasteiger partial charge in [-0.15, -0.1) is 0 Å². The number of amides is 2. The number of aromatic nitrogens is 2. The zero-order valence-corrected chi connectivity index (χ0v) is 22.9. The number of fused-ring (bicyclic) bond motifs is 1. The lowest BCUT2D eigenvalue weighted by atomic mass is 10.1. The number of nitrogens with one attached hydrogen (secondary N) is 2. The molecule has 0 saturated heterocycles. The van der Waals surface area contributed by atoms with Crippen LogP contribution in [0.5, 0.6) is 11.5 Å². The summed E-state index contributed by atoms with van der Waals surface area (Å²) >= 11 is 0. The Morgan fingerprint density at radius 1 is 0.900 bits per heavy atom. The topological polar surface area (TPSA) is 121 Å². The molecule has 0 saturated carbocycles. The van der Waals surface area contributed by atoms with Crippen LogP contribution < -0.4 is 31.4 Å². The third-order valence-electron chi connectivity index (χ3n) is 6.64. The fourth-order valence-electron chi connectivity index (χ4n) is 4.26. The highest BCUT2D eigenvalue weighted by molar-refractivity contribution is 5.94. The molecular formula is C30H32N4O6. The summed E-state index contributed by atoms with van der Waals surface area (Å²) < 4.78 is 13.1. The Balaban J connectivity index is 1.75. The molecule has 0 spiro atoms. The molecule has 0 bridgehead atoms. The van der Waals surface area contributed by atoms with Gasteiger partial charge in [0.05, 0.1) is 31.7 Å². The van der Waals surface area contributed by atoms with Crippen LogP contribution in [0.25, 0.3) is 10.9 Å². The van der Waals surface area contributed by atoms with Crippen LogP contribution in [0.1, 0.15) is 36.2 Å². The molecule has 4 aromatic rings. The Hall–Kier alpha value is -4.86. The molecule has 208 valence electrons. The lowest BCUT2D eigenvalue weighted by Crippen LogP contribution is -2.42. The minimum Gasteiger partial charge on any atom is -0.493 e. The molecule has 0 aliphatic heterocycles. The molecule has 10 heteroatoms. The third kappa shape index (κ3) is 6.06. The van der Waals surface area contributed by atoms with Crippen LogP contribution in [0.2, 0.25) is 0 Å². The van der Waals surface area contributed by atoms with E-state index in [2.05, 4.69) is 10.6 Å². The van der Waals surface area contributed by atoms with E-state index in [0.717, 1.165) is 11.0 Å². The average Bonchev–Trinajstić information content (AvgIpc) is 2.97. The lowest BCUT2D eigenvalue weighted by molar-refractivity contribution is -0.116. The summed E-state index contributed by atoms with van der Waals surface area (Å²) in [6, 6.07) is 18.6. The number of nitrogens with zero attached hydrogens (tertiary/aromatic N) is 2. The summed E-state index contributed by atoms with van der Waals surface area (Å²) in [5.41, 5.74) is 0.728. The predicted molar refractivity (Wildman–Crippen MR) is 153 cm³/mol. The van der Waals surface area contributed by atoms with Gasteiger partial charge < -0.3 is 20.1 Å². The van der Waals surface area contributed by atoms with E-state index in [4.69, 9.17) is 9.47 Å². The van der Waals surface area contributed by atoms with Crippen LogP contribution in [0.4, 0.5) is 5.69 Å². The van der Waals surface area contributed by atoms with Crippen molar-refractivity contribution in [2.75, 3.05) is 19.5 Å². The summed E-state index contributed by atoms with van der Waals surface area (Å²) in [5, 5.41) is 5.87. The summed E-state index contributed by atoms with van der Waals surface area (Å²) in [6.07, 6.45) is 0.807. The highest BCUT2D eigenvalue weighted by atomic mass is 16.5. The summed E-state index contributed by atoms with van der Waals surface area (Å²) in [4.78, 5) is 52.7. The zero-order valence-electron chi connectivity index (χ0n) is 22.9. The monoisotopic (exact) mass is 544 g/mol. The number of carbonyl (C=O) groups excluding carboxylic acids is 2. The highest BCUT2D eigenvalue weighted by Crippen LogP contribution is 2.30. The minimum absolute atomic E-state index is 0.0385. The third-order valence-corrected chi connectivity index (χ3v) is 6.64. The Bertz CT molecular complexity index is 1640. The van der Waals surface area contributed by atoms with Gasteiger partial charge in [0.25, 0.3) is 11.5 Å². The first-order valence-corrected chi connectivity index (χ1v) is 12.9. The molecule has 0 fully saturated rings. The number of rotatable bonds is 10. The molecule has 40 heavy (non-hydrogen) atoms. The largest absolute Gasteiger partial charge is 0.493 e. The van der Waals surface area contributed by atoms with Gasteiger partial charge in [-0.25, -0.2) is 4.79 Å². The van der Waals surface area contributed by atoms with Gasteiger partial charge in [-0.05, 0) is 49.2 Å². The number of carbonyl (C=O) groups is 2. The van der Waals surface area contributed by atoms with E-state index < -0.39 is 17.2 Å². The van der Waals surface area contributed by atoms with Gasteiger partial charge in [0.2, 0.25) is 5.91 Å². The molecule has 1 aromatic heterocycles. The van der Waals surface area contributed by atoms with Crippen LogP contribution in [0.3, 0.4) is 0 Å². The Morgan fingerprint density at radius 2 is 1.55 bits per heavy atom. The molecule has 2 N–H and O–H groups in total. The molecule has 1 heterocycles. The second-order valence-corrected chi connectivity index (χ2v) is 9.38. The van der Waals surface area contributed by atoms with E-state index >= 15 is 0 Å². The van der Waals surface area contributed by atoms with Crippen molar-refractivity contribution in [3.63, 3.8) is 0 Å². The molecule has 3 aromatic carbocycles. The number of para-hydroxylation sites is 1. The number of benzene rings is 3. The molecule has 2 amide bonds. The van der Waals surface area contributed by atoms with Crippen molar-refractivity contribution in [1.29, 1.82) is 0 Å². The van der Waals surface area contributed by atoms with Crippen molar-refractivity contribution in [3.05, 3.63) is 98.7 Å².